The fourth-order valence-corrected chi connectivity index (χ4v) is 5.69. The van der Waals surface area contributed by atoms with Gasteiger partial charge in [0.05, 0.1) is 26.2 Å². The number of carbonyl (C=O) groups excluding carboxylic acids is 1. The van der Waals surface area contributed by atoms with E-state index in [2.05, 4.69) is 0 Å². The van der Waals surface area contributed by atoms with Gasteiger partial charge in [0, 0.05) is 25.7 Å². The van der Waals surface area contributed by atoms with Crippen LogP contribution in [0.15, 0.2) is 0 Å². The van der Waals surface area contributed by atoms with Gasteiger partial charge >= 0.3 is 5.97 Å². The van der Waals surface area contributed by atoms with Crippen LogP contribution in [0.2, 0.25) is 0 Å². The Hall–Kier alpha value is -0.730. The third-order valence-electron chi connectivity index (χ3n) is 7.12. The van der Waals surface area contributed by atoms with Crippen molar-refractivity contribution < 1.29 is 33.2 Å². The van der Waals surface area contributed by atoms with E-state index < -0.39 is 11.6 Å². The number of hydrogen-bond donors (Lipinski definition) is 0. The average Bonchev–Trinajstić information content (AvgIpc) is 3.36. The molecular formula is C21H32O7. The smallest absolute Gasteiger partial charge is 0.308 e. The first-order chi connectivity index (χ1) is 13.6. The first-order valence-electron chi connectivity index (χ1n) is 11.0. The minimum Gasteiger partial charge on any atom is -0.469 e. The van der Waals surface area contributed by atoms with Crippen LogP contribution >= 0.6 is 0 Å². The molecule has 3 aliphatic heterocycles. The Kier molecular flexibility index (Phi) is 5.16. The lowest BCUT2D eigenvalue weighted by atomic mass is 9.94. The minimum absolute atomic E-state index is 0.173. The Morgan fingerprint density at radius 2 is 1.50 bits per heavy atom. The molecule has 0 aromatic heterocycles. The number of hydrogen-bond acceptors (Lipinski definition) is 7. The van der Waals surface area contributed by atoms with Gasteiger partial charge in [-0.15, -0.1) is 0 Å². The van der Waals surface area contributed by atoms with Crippen molar-refractivity contribution in [3.63, 3.8) is 0 Å². The van der Waals surface area contributed by atoms with Gasteiger partial charge in [0.1, 0.15) is 24.4 Å². The lowest BCUT2D eigenvalue weighted by molar-refractivity contribution is -0.239. The molecule has 3 unspecified atom stereocenters. The average molecular weight is 396 g/mol. The van der Waals surface area contributed by atoms with Crippen LogP contribution in [-0.2, 0) is 33.2 Å². The number of methoxy groups -OCH3 is 1. The van der Waals surface area contributed by atoms with Crippen LogP contribution in [0.5, 0.6) is 0 Å². The van der Waals surface area contributed by atoms with Crippen LogP contribution in [0, 0.1) is 0 Å². The van der Waals surface area contributed by atoms with Crippen molar-refractivity contribution in [2.24, 2.45) is 0 Å². The third-order valence-corrected chi connectivity index (χ3v) is 7.12. The maximum atomic E-state index is 11.9. The van der Waals surface area contributed by atoms with Crippen LogP contribution in [-0.4, -0.2) is 61.8 Å². The molecule has 5 atom stereocenters. The zero-order chi connectivity index (χ0) is 19.2. The van der Waals surface area contributed by atoms with Gasteiger partial charge in [-0.3, -0.25) is 4.79 Å². The number of esters is 1. The molecule has 3 saturated heterocycles. The summed E-state index contributed by atoms with van der Waals surface area (Å²) < 4.78 is 36.7. The second kappa shape index (κ2) is 7.51. The standard InChI is InChI=1S/C21H32O7/c1-23-16(22)12-14-18-19(28-21(27-18)10-6-3-7-11-21)17(25-14)15-13-24-20(26-15)8-4-2-5-9-20/h14-15,17-19H,2-13H2,1H3/t14?,15-,17?,18+,19?/m1/s1. The summed E-state index contributed by atoms with van der Waals surface area (Å²) in [6.45, 7) is 0.509. The van der Waals surface area contributed by atoms with Crippen LogP contribution in [0.1, 0.15) is 70.6 Å². The second-order valence-electron chi connectivity index (χ2n) is 8.99. The molecule has 5 aliphatic rings. The summed E-state index contributed by atoms with van der Waals surface area (Å²) >= 11 is 0. The molecule has 2 aliphatic carbocycles. The molecule has 0 aromatic rings. The highest BCUT2D eigenvalue weighted by Gasteiger charge is 2.61. The van der Waals surface area contributed by atoms with E-state index in [1.54, 1.807) is 0 Å². The Morgan fingerprint density at radius 1 is 0.857 bits per heavy atom. The number of ether oxygens (including phenoxy) is 6. The van der Waals surface area contributed by atoms with E-state index in [1.807, 2.05) is 0 Å². The molecular weight excluding hydrogens is 364 g/mol. The highest BCUT2D eigenvalue weighted by molar-refractivity contribution is 5.70. The summed E-state index contributed by atoms with van der Waals surface area (Å²) in [5, 5.41) is 0. The summed E-state index contributed by atoms with van der Waals surface area (Å²) in [7, 11) is 1.40. The van der Waals surface area contributed by atoms with E-state index in [0.29, 0.717) is 6.61 Å². The molecule has 5 fully saturated rings. The fraction of sp³-hybridized carbons (Fsp3) is 0.952. The van der Waals surface area contributed by atoms with Crippen molar-refractivity contribution in [1.82, 2.24) is 0 Å². The number of carbonyl (C=O) groups is 1. The van der Waals surface area contributed by atoms with Gasteiger partial charge in [0.25, 0.3) is 0 Å². The van der Waals surface area contributed by atoms with E-state index in [0.717, 1.165) is 51.4 Å². The molecule has 7 heteroatoms. The first kappa shape index (κ1) is 19.2. The summed E-state index contributed by atoms with van der Waals surface area (Å²) in [4.78, 5) is 11.9. The van der Waals surface area contributed by atoms with Gasteiger partial charge in [0.2, 0.25) is 0 Å². The molecule has 0 aromatic carbocycles. The highest BCUT2D eigenvalue weighted by Crippen LogP contribution is 2.49. The zero-order valence-electron chi connectivity index (χ0n) is 16.7. The summed E-state index contributed by atoms with van der Waals surface area (Å²) in [5.41, 5.74) is 0. The monoisotopic (exact) mass is 396 g/mol. The van der Waals surface area contributed by atoms with Gasteiger partial charge in [-0.2, -0.15) is 0 Å². The molecule has 0 radical (unpaired) electrons. The van der Waals surface area contributed by atoms with Gasteiger partial charge in [-0.25, -0.2) is 0 Å². The Morgan fingerprint density at radius 3 is 2.18 bits per heavy atom. The normalized spacial score (nSPS) is 41.4. The molecule has 0 amide bonds. The maximum Gasteiger partial charge on any atom is 0.308 e. The minimum atomic E-state index is -0.522. The van der Waals surface area contributed by atoms with E-state index in [4.69, 9.17) is 28.4 Å². The van der Waals surface area contributed by atoms with Gasteiger partial charge < -0.3 is 28.4 Å². The summed E-state index contributed by atoms with van der Waals surface area (Å²) in [6.07, 6.45) is 9.52. The van der Waals surface area contributed by atoms with E-state index in [9.17, 15) is 4.79 Å². The van der Waals surface area contributed by atoms with Crippen molar-refractivity contribution >= 4 is 5.97 Å². The van der Waals surface area contributed by atoms with E-state index >= 15 is 0 Å². The maximum absolute atomic E-state index is 11.9. The lowest BCUT2D eigenvalue weighted by Gasteiger charge is -2.35. The summed E-state index contributed by atoms with van der Waals surface area (Å²) in [5.74, 6) is -1.26. The number of fused-ring (bicyclic) bond motifs is 1. The Labute approximate surface area is 166 Å². The van der Waals surface area contributed by atoms with Gasteiger partial charge in [-0.1, -0.05) is 12.8 Å². The molecule has 3 heterocycles. The zero-order valence-corrected chi connectivity index (χ0v) is 16.7. The molecule has 28 heavy (non-hydrogen) atoms. The van der Waals surface area contributed by atoms with Crippen LogP contribution < -0.4 is 0 Å². The fourth-order valence-electron chi connectivity index (χ4n) is 5.69. The Balaban J connectivity index is 1.33. The molecule has 2 spiro atoms. The van der Waals surface area contributed by atoms with Crippen molar-refractivity contribution in [3.8, 4) is 0 Å². The van der Waals surface area contributed by atoms with Crippen molar-refractivity contribution in [1.29, 1.82) is 0 Å². The van der Waals surface area contributed by atoms with Gasteiger partial charge in [-0.05, 0) is 25.7 Å². The topological polar surface area (TPSA) is 72.5 Å². The lowest BCUT2D eigenvalue weighted by Crippen LogP contribution is -2.43. The highest BCUT2D eigenvalue weighted by atomic mass is 16.8. The predicted molar refractivity (Wildman–Crippen MR) is 97.5 cm³/mol. The SMILES string of the molecule is COC(=O)CC1OC([C@H]2COC3(CCCCC3)O2)C2OC3(CCCCC3)O[C@@H]12. The van der Waals surface area contributed by atoms with Crippen LogP contribution in [0.3, 0.4) is 0 Å². The molecule has 0 N–H and O–H groups in total. The predicted octanol–water partition coefficient (Wildman–Crippen LogP) is 2.84. The largest absolute Gasteiger partial charge is 0.469 e. The van der Waals surface area contributed by atoms with Crippen LogP contribution in [0.4, 0.5) is 0 Å². The second-order valence-corrected chi connectivity index (χ2v) is 8.99. The van der Waals surface area contributed by atoms with Gasteiger partial charge in [0.15, 0.2) is 11.6 Å². The Bertz CT molecular complexity index is 581. The number of rotatable bonds is 3. The molecule has 7 nitrogen and oxygen atoms in total. The molecule has 158 valence electrons. The quantitative estimate of drug-likeness (QED) is 0.679. The van der Waals surface area contributed by atoms with Crippen molar-refractivity contribution in [2.45, 2.75) is 113 Å². The van der Waals surface area contributed by atoms with E-state index in [1.165, 1.54) is 20.0 Å². The summed E-state index contributed by atoms with van der Waals surface area (Å²) in [6, 6.07) is 0. The van der Waals surface area contributed by atoms with Crippen molar-refractivity contribution in [3.05, 3.63) is 0 Å². The molecule has 0 bridgehead atoms. The molecule has 5 rings (SSSR count). The third kappa shape index (κ3) is 3.39. The van der Waals surface area contributed by atoms with Crippen molar-refractivity contribution in [2.75, 3.05) is 13.7 Å². The van der Waals surface area contributed by atoms with E-state index in [-0.39, 0.29) is 42.9 Å². The van der Waals surface area contributed by atoms with Crippen LogP contribution in [0.25, 0.3) is 0 Å². The molecule has 2 saturated carbocycles. The first-order valence-corrected chi connectivity index (χ1v) is 11.0.